The van der Waals surface area contributed by atoms with Crippen molar-refractivity contribution >= 4 is 11.8 Å². The van der Waals surface area contributed by atoms with E-state index in [1.165, 1.54) is 13.4 Å². The summed E-state index contributed by atoms with van der Waals surface area (Å²) in [5.74, 6) is 0.391. The number of nitrogen functional groups attached to an aromatic ring is 1. The van der Waals surface area contributed by atoms with E-state index in [0.29, 0.717) is 12.4 Å². The molecule has 94 valence electrons. The molecule has 0 aliphatic carbocycles. The maximum absolute atomic E-state index is 11.4. The molecule has 2 N–H and O–H groups in total. The van der Waals surface area contributed by atoms with E-state index in [2.05, 4.69) is 19.7 Å². The molecule has 0 atom stereocenters. The standard InChI is InChI=1S/C11H13N5O2/c1-7-13-4-3-8(15-7)5-16-6-14-9(10(16)12)11(17)18-2/h3-4,6H,5,12H2,1-2H3. The zero-order chi connectivity index (χ0) is 13.1. The molecule has 2 heterocycles. The normalized spacial score (nSPS) is 10.3. The summed E-state index contributed by atoms with van der Waals surface area (Å²) in [6.07, 6.45) is 3.16. The second-order valence-electron chi connectivity index (χ2n) is 3.69. The molecule has 0 amide bonds. The van der Waals surface area contributed by atoms with E-state index in [9.17, 15) is 4.79 Å². The second-order valence-corrected chi connectivity index (χ2v) is 3.69. The number of anilines is 1. The van der Waals surface area contributed by atoms with Crippen molar-refractivity contribution < 1.29 is 9.53 Å². The lowest BCUT2D eigenvalue weighted by Crippen LogP contribution is -2.09. The molecule has 2 aromatic heterocycles. The zero-order valence-electron chi connectivity index (χ0n) is 10.1. The minimum absolute atomic E-state index is 0.114. The fourth-order valence-corrected chi connectivity index (χ4v) is 1.54. The Morgan fingerprint density at radius 1 is 1.50 bits per heavy atom. The van der Waals surface area contributed by atoms with Crippen LogP contribution in [0, 0.1) is 6.92 Å². The highest BCUT2D eigenvalue weighted by Crippen LogP contribution is 2.12. The van der Waals surface area contributed by atoms with Crippen molar-refractivity contribution in [3.63, 3.8) is 0 Å². The summed E-state index contributed by atoms with van der Waals surface area (Å²) >= 11 is 0. The molecule has 0 saturated heterocycles. The fraction of sp³-hybridized carbons (Fsp3) is 0.273. The highest BCUT2D eigenvalue weighted by atomic mass is 16.5. The third kappa shape index (κ3) is 2.29. The predicted octanol–water partition coefficient (Wildman–Crippen LogP) is 0.399. The first-order valence-corrected chi connectivity index (χ1v) is 5.29. The Kier molecular flexibility index (Phi) is 3.22. The van der Waals surface area contributed by atoms with Gasteiger partial charge in [0.2, 0.25) is 0 Å². The average molecular weight is 247 g/mol. The number of nitrogens with two attached hydrogens (primary N) is 1. The SMILES string of the molecule is COC(=O)c1ncn(Cc2ccnc(C)n2)c1N. The molecule has 7 nitrogen and oxygen atoms in total. The number of nitrogens with zero attached hydrogens (tertiary/aromatic N) is 4. The molecule has 18 heavy (non-hydrogen) atoms. The Morgan fingerprint density at radius 3 is 2.94 bits per heavy atom. The highest BCUT2D eigenvalue weighted by molar-refractivity contribution is 5.92. The number of methoxy groups -OCH3 is 1. The van der Waals surface area contributed by atoms with Gasteiger partial charge in [-0.2, -0.15) is 0 Å². The Hall–Kier alpha value is -2.44. The van der Waals surface area contributed by atoms with Gasteiger partial charge in [-0.05, 0) is 13.0 Å². The van der Waals surface area contributed by atoms with Crippen molar-refractivity contribution in [1.29, 1.82) is 0 Å². The molecule has 0 radical (unpaired) electrons. The molecular weight excluding hydrogens is 234 g/mol. The number of aryl methyl sites for hydroxylation is 1. The Morgan fingerprint density at radius 2 is 2.28 bits per heavy atom. The van der Waals surface area contributed by atoms with Crippen molar-refractivity contribution in [3.8, 4) is 0 Å². The largest absolute Gasteiger partial charge is 0.464 e. The number of esters is 1. The van der Waals surface area contributed by atoms with Crippen LogP contribution in [0.4, 0.5) is 5.82 Å². The highest BCUT2D eigenvalue weighted by Gasteiger charge is 2.16. The van der Waals surface area contributed by atoms with Crippen molar-refractivity contribution in [2.24, 2.45) is 0 Å². The fourth-order valence-electron chi connectivity index (χ4n) is 1.54. The van der Waals surface area contributed by atoms with Gasteiger partial charge >= 0.3 is 5.97 Å². The van der Waals surface area contributed by atoms with E-state index in [0.717, 1.165) is 5.69 Å². The lowest BCUT2D eigenvalue weighted by Gasteiger charge is -2.05. The molecule has 0 aliphatic rings. The molecule has 0 aliphatic heterocycles. The van der Waals surface area contributed by atoms with Gasteiger partial charge in [0.25, 0.3) is 0 Å². The Labute approximate surface area is 104 Å². The first-order valence-electron chi connectivity index (χ1n) is 5.29. The van der Waals surface area contributed by atoms with E-state index in [-0.39, 0.29) is 11.5 Å². The third-order valence-electron chi connectivity index (χ3n) is 2.42. The number of hydrogen-bond acceptors (Lipinski definition) is 6. The summed E-state index contributed by atoms with van der Waals surface area (Å²) in [4.78, 5) is 23.5. The molecule has 0 spiro atoms. The minimum Gasteiger partial charge on any atom is -0.464 e. The van der Waals surface area contributed by atoms with E-state index in [4.69, 9.17) is 5.73 Å². The van der Waals surface area contributed by atoms with Gasteiger partial charge in [0.05, 0.1) is 25.7 Å². The topological polar surface area (TPSA) is 95.9 Å². The molecule has 0 aromatic carbocycles. The zero-order valence-corrected chi connectivity index (χ0v) is 10.1. The average Bonchev–Trinajstić information content (AvgIpc) is 2.70. The van der Waals surface area contributed by atoms with Gasteiger partial charge in [-0.15, -0.1) is 0 Å². The first kappa shape index (κ1) is 12.0. The molecule has 2 rings (SSSR count). The van der Waals surface area contributed by atoms with Gasteiger partial charge in [-0.1, -0.05) is 0 Å². The molecule has 7 heteroatoms. The van der Waals surface area contributed by atoms with Crippen LogP contribution >= 0.6 is 0 Å². The second kappa shape index (κ2) is 4.82. The molecule has 0 fully saturated rings. The van der Waals surface area contributed by atoms with Crippen LogP contribution in [-0.4, -0.2) is 32.6 Å². The third-order valence-corrected chi connectivity index (χ3v) is 2.42. The van der Waals surface area contributed by atoms with Crippen LogP contribution in [0.2, 0.25) is 0 Å². The number of imidazole rings is 1. The summed E-state index contributed by atoms with van der Waals surface area (Å²) in [5, 5.41) is 0. The summed E-state index contributed by atoms with van der Waals surface area (Å²) in [5.41, 5.74) is 6.73. The number of rotatable bonds is 3. The molecule has 0 saturated carbocycles. The van der Waals surface area contributed by atoms with E-state index >= 15 is 0 Å². The van der Waals surface area contributed by atoms with Gasteiger partial charge < -0.3 is 15.0 Å². The van der Waals surface area contributed by atoms with Gasteiger partial charge in [0.1, 0.15) is 11.6 Å². The lowest BCUT2D eigenvalue weighted by atomic mass is 10.4. The van der Waals surface area contributed by atoms with Crippen molar-refractivity contribution in [2.45, 2.75) is 13.5 Å². The molecule has 0 bridgehead atoms. The predicted molar refractivity (Wildman–Crippen MR) is 63.8 cm³/mol. The summed E-state index contributed by atoms with van der Waals surface area (Å²) in [7, 11) is 1.29. The van der Waals surface area contributed by atoms with Gasteiger partial charge in [0.15, 0.2) is 5.69 Å². The maximum atomic E-state index is 11.4. The van der Waals surface area contributed by atoms with Crippen LogP contribution in [0.5, 0.6) is 0 Å². The van der Waals surface area contributed by atoms with Crippen molar-refractivity contribution in [2.75, 3.05) is 12.8 Å². The summed E-state index contributed by atoms with van der Waals surface area (Å²) in [6, 6.07) is 1.78. The van der Waals surface area contributed by atoms with Crippen molar-refractivity contribution in [1.82, 2.24) is 19.5 Å². The van der Waals surface area contributed by atoms with Crippen LogP contribution in [-0.2, 0) is 11.3 Å². The molecule has 2 aromatic rings. The van der Waals surface area contributed by atoms with Crippen LogP contribution in [0.3, 0.4) is 0 Å². The van der Waals surface area contributed by atoms with Crippen LogP contribution < -0.4 is 5.73 Å². The van der Waals surface area contributed by atoms with Gasteiger partial charge in [0, 0.05) is 6.20 Å². The molecular formula is C11H13N5O2. The monoisotopic (exact) mass is 247 g/mol. The Bertz CT molecular complexity index is 579. The first-order chi connectivity index (χ1) is 8.61. The van der Waals surface area contributed by atoms with E-state index < -0.39 is 5.97 Å². The van der Waals surface area contributed by atoms with E-state index in [1.54, 1.807) is 23.8 Å². The number of carbonyl (C=O) groups excluding carboxylic acids is 1. The number of hydrogen-bond donors (Lipinski definition) is 1. The number of ether oxygens (including phenoxy) is 1. The quantitative estimate of drug-likeness (QED) is 0.788. The van der Waals surface area contributed by atoms with Crippen molar-refractivity contribution in [3.05, 3.63) is 35.8 Å². The maximum Gasteiger partial charge on any atom is 0.360 e. The van der Waals surface area contributed by atoms with E-state index in [1.807, 2.05) is 0 Å². The van der Waals surface area contributed by atoms with Gasteiger partial charge in [-0.3, -0.25) is 0 Å². The van der Waals surface area contributed by atoms with Crippen LogP contribution in [0.15, 0.2) is 18.6 Å². The molecule has 0 unspecified atom stereocenters. The summed E-state index contributed by atoms with van der Waals surface area (Å²) < 4.78 is 6.21. The number of carbonyl (C=O) groups is 1. The van der Waals surface area contributed by atoms with Crippen LogP contribution in [0.1, 0.15) is 22.0 Å². The van der Waals surface area contributed by atoms with Crippen LogP contribution in [0.25, 0.3) is 0 Å². The number of aromatic nitrogens is 4. The minimum atomic E-state index is -0.551. The summed E-state index contributed by atoms with van der Waals surface area (Å²) in [6.45, 7) is 2.24. The van der Waals surface area contributed by atoms with Gasteiger partial charge in [-0.25, -0.2) is 19.7 Å². The Balaban J connectivity index is 2.25. The smallest absolute Gasteiger partial charge is 0.360 e. The lowest BCUT2D eigenvalue weighted by molar-refractivity contribution is 0.0596.